The molecule has 1 aromatic rings. The summed E-state index contributed by atoms with van der Waals surface area (Å²) in [7, 11) is 1.39. The highest BCUT2D eigenvalue weighted by atomic mass is 32.2. The number of esters is 1. The predicted molar refractivity (Wildman–Crippen MR) is 69.9 cm³/mol. The Labute approximate surface area is 114 Å². The lowest BCUT2D eigenvalue weighted by molar-refractivity contribution is -0.389. The molecule has 0 aliphatic heterocycles. The Kier molecular flexibility index (Phi) is 4.04. The topological polar surface area (TPSA) is 82.3 Å². The van der Waals surface area contributed by atoms with E-state index in [4.69, 9.17) is 0 Å². The molecule has 0 radical (unpaired) electrons. The van der Waals surface area contributed by atoms with Crippen molar-refractivity contribution in [3.63, 3.8) is 0 Å². The lowest BCUT2D eigenvalue weighted by Gasteiger charge is -2.12. The number of thioether (sulfide) groups is 1. The van der Waals surface area contributed by atoms with Crippen LogP contribution in [-0.2, 0) is 9.53 Å². The van der Waals surface area contributed by atoms with Crippen LogP contribution in [0.2, 0.25) is 0 Å². The molecule has 1 heterocycles. The smallest absolute Gasteiger partial charge is 0.363 e. The van der Waals surface area contributed by atoms with E-state index in [1.807, 2.05) is 0 Å². The number of pyridine rings is 1. The molecule has 1 saturated carbocycles. The summed E-state index contributed by atoms with van der Waals surface area (Å²) in [5.74, 6) is 0.474. The molecule has 1 fully saturated rings. The first kappa shape index (κ1) is 13.8. The average molecular weight is 282 g/mol. The van der Waals surface area contributed by atoms with Crippen molar-refractivity contribution in [3.05, 3.63) is 28.4 Å². The van der Waals surface area contributed by atoms with Gasteiger partial charge >= 0.3 is 11.8 Å². The first-order valence-corrected chi connectivity index (χ1v) is 6.83. The van der Waals surface area contributed by atoms with Gasteiger partial charge in [0, 0.05) is 11.8 Å². The summed E-state index contributed by atoms with van der Waals surface area (Å²) in [6, 6.07) is 3.08. The Morgan fingerprint density at radius 3 is 2.79 bits per heavy atom. The molecule has 2 rings (SSSR count). The third-order valence-electron chi connectivity index (χ3n) is 3.16. The quantitative estimate of drug-likeness (QED) is 0.345. The number of hydrogen-bond donors (Lipinski definition) is 0. The molecule has 1 aromatic heterocycles. The summed E-state index contributed by atoms with van der Waals surface area (Å²) in [4.78, 5) is 25.9. The minimum absolute atomic E-state index is 0.0412. The molecule has 102 valence electrons. The summed E-state index contributed by atoms with van der Waals surface area (Å²) in [5.41, 5.74) is 0.0412. The summed E-state index contributed by atoms with van der Waals surface area (Å²) in [5, 5.41) is 10.5. The number of nitro groups is 1. The Bertz CT molecular complexity index is 485. The second-order valence-corrected chi connectivity index (χ2v) is 5.70. The van der Waals surface area contributed by atoms with E-state index >= 15 is 0 Å². The second kappa shape index (κ2) is 5.56. The highest BCUT2D eigenvalue weighted by Gasteiger charge is 2.44. The Balaban J connectivity index is 1.88. The normalized spacial score (nSPS) is 15.8. The molecule has 19 heavy (non-hydrogen) atoms. The fraction of sp³-hybridized carbons (Fsp3) is 0.500. The van der Waals surface area contributed by atoms with Gasteiger partial charge in [0.15, 0.2) is 6.20 Å². The van der Waals surface area contributed by atoms with Crippen molar-refractivity contribution < 1.29 is 14.5 Å². The molecule has 0 bridgehead atoms. The van der Waals surface area contributed by atoms with Gasteiger partial charge in [-0.15, -0.1) is 11.8 Å². The Morgan fingerprint density at radius 2 is 2.32 bits per heavy atom. The Hall–Kier alpha value is -1.63. The summed E-state index contributed by atoms with van der Waals surface area (Å²) in [6.45, 7) is 0. The number of carbonyl (C=O) groups excluding carboxylic acids is 1. The molecular weight excluding hydrogens is 268 g/mol. The second-order valence-electron chi connectivity index (χ2n) is 4.65. The maximum absolute atomic E-state index is 11.3. The van der Waals surface area contributed by atoms with Gasteiger partial charge in [-0.1, -0.05) is 0 Å². The minimum Gasteiger partial charge on any atom is -0.469 e. The van der Waals surface area contributed by atoms with Gasteiger partial charge in [-0.25, -0.2) is 0 Å². The van der Waals surface area contributed by atoms with E-state index in [2.05, 4.69) is 9.72 Å². The maximum atomic E-state index is 11.3. The van der Waals surface area contributed by atoms with E-state index in [-0.39, 0.29) is 17.2 Å². The van der Waals surface area contributed by atoms with E-state index in [9.17, 15) is 14.9 Å². The van der Waals surface area contributed by atoms with Crippen LogP contribution in [0.5, 0.6) is 0 Å². The summed E-state index contributed by atoms with van der Waals surface area (Å²) in [6.07, 6.45) is 3.99. The molecular formula is C12H14N2O4S. The first-order valence-electron chi connectivity index (χ1n) is 5.85. The fourth-order valence-corrected chi connectivity index (χ4v) is 2.88. The summed E-state index contributed by atoms with van der Waals surface area (Å²) < 4.78 is 4.68. The molecule has 0 spiro atoms. The van der Waals surface area contributed by atoms with Crippen molar-refractivity contribution >= 4 is 23.5 Å². The van der Waals surface area contributed by atoms with Crippen LogP contribution in [0, 0.1) is 15.5 Å². The third-order valence-corrected chi connectivity index (χ3v) is 4.49. The SMILES string of the molecule is COC(=O)CC1(CSc2ccc([N+](=O)[O-])nc2)CC1. The van der Waals surface area contributed by atoms with Gasteiger partial charge in [-0.3, -0.25) is 4.79 Å². The van der Waals surface area contributed by atoms with Crippen LogP contribution in [0.4, 0.5) is 5.82 Å². The molecule has 0 saturated heterocycles. The van der Waals surface area contributed by atoms with Crippen molar-refractivity contribution in [2.75, 3.05) is 12.9 Å². The molecule has 7 heteroatoms. The highest BCUT2D eigenvalue weighted by molar-refractivity contribution is 7.99. The average Bonchev–Trinajstić information content (AvgIpc) is 3.17. The van der Waals surface area contributed by atoms with Crippen molar-refractivity contribution in [1.82, 2.24) is 4.98 Å². The standard InChI is InChI=1S/C12H14N2O4S/c1-18-11(15)6-12(4-5-12)8-19-9-2-3-10(13-7-9)14(16)17/h2-3,7H,4-6,8H2,1H3. The van der Waals surface area contributed by atoms with Gasteiger partial charge in [0.05, 0.1) is 18.4 Å². The van der Waals surface area contributed by atoms with Crippen LogP contribution in [0.25, 0.3) is 0 Å². The molecule has 1 aliphatic rings. The van der Waals surface area contributed by atoms with E-state index in [1.165, 1.54) is 19.4 Å². The van der Waals surface area contributed by atoms with E-state index in [1.54, 1.807) is 17.8 Å². The van der Waals surface area contributed by atoms with Crippen molar-refractivity contribution in [1.29, 1.82) is 0 Å². The number of ether oxygens (including phenoxy) is 1. The van der Waals surface area contributed by atoms with Crippen LogP contribution in [0.1, 0.15) is 19.3 Å². The molecule has 0 unspecified atom stereocenters. The number of carbonyl (C=O) groups is 1. The van der Waals surface area contributed by atoms with Crippen LogP contribution >= 0.6 is 11.8 Å². The number of rotatable bonds is 6. The van der Waals surface area contributed by atoms with Gasteiger partial charge in [0.1, 0.15) is 0 Å². The number of aromatic nitrogens is 1. The highest BCUT2D eigenvalue weighted by Crippen LogP contribution is 2.52. The lowest BCUT2D eigenvalue weighted by atomic mass is 10.1. The molecule has 0 atom stereocenters. The van der Waals surface area contributed by atoms with Gasteiger partial charge in [-0.05, 0) is 34.2 Å². The largest absolute Gasteiger partial charge is 0.469 e. The van der Waals surface area contributed by atoms with Crippen LogP contribution in [-0.4, -0.2) is 28.7 Å². The maximum Gasteiger partial charge on any atom is 0.363 e. The van der Waals surface area contributed by atoms with Crippen molar-refractivity contribution in [2.24, 2.45) is 5.41 Å². The molecule has 0 N–H and O–H groups in total. The fourth-order valence-electron chi connectivity index (χ4n) is 1.73. The third kappa shape index (κ3) is 3.66. The lowest BCUT2D eigenvalue weighted by Crippen LogP contribution is -2.12. The zero-order chi connectivity index (χ0) is 13.9. The minimum atomic E-state index is -0.520. The number of methoxy groups -OCH3 is 1. The predicted octanol–water partition coefficient (Wildman–Crippen LogP) is 2.43. The van der Waals surface area contributed by atoms with E-state index in [0.29, 0.717) is 6.42 Å². The first-order chi connectivity index (χ1) is 9.04. The van der Waals surface area contributed by atoms with Crippen LogP contribution in [0.3, 0.4) is 0 Å². The van der Waals surface area contributed by atoms with Crippen molar-refractivity contribution in [3.8, 4) is 0 Å². The zero-order valence-electron chi connectivity index (χ0n) is 10.5. The van der Waals surface area contributed by atoms with Crippen LogP contribution < -0.4 is 0 Å². The number of hydrogen-bond acceptors (Lipinski definition) is 6. The zero-order valence-corrected chi connectivity index (χ0v) is 11.3. The van der Waals surface area contributed by atoms with Crippen molar-refractivity contribution in [2.45, 2.75) is 24.2 Å². The van der Waals surface area contributed by atoms with Crippen LogP contribution in [0.15, 0.2) is 23.2 Å². The summed E-state index contributed by atoms with van der Waals surface area (Å²) >= 11 is 1.57. The Morgan fingerprint density at radius 1 is 1.58 bits per heavy atom. The van der Waals surface area contributed by atoms with Gasteiger partial charge in [-0.2, -0.15) is 0 Å². The monoisotopic (exact) mass is 282 g/mol. The van der Waals surface area contributed by atoms with Gasteiger partial charge in [0.2, 0.25) is 0 Å². The van der Waals surface area contributed by atoms with E-state index < -0.39 is 4.92 Å². The molecule has 0 aromatic carbocycles. The van der Waals surface area contributed by atoms with Gasteiger partial charge in [0.25, 0.3) is 0 Å². The molecule has 1 aliphatic carbocycles. The van der Waals surface area contributed by atoms with E-state index in [0.717, 1.165) is 23.5 Å². The molecule has 6 nitrogen and oxygen atoms in total. The number of nitrogens with zero attached hydrogens (tertiary/aromatic N) is 2. The molecule has 0 amide bonds. The van der Waals surface area contributed by atoms with Gasteiger partial charge < -0.3 is 14.9 Å².